The second-order valence-electron chi connectivity index (χ2n) is 8.27. The number of nitrogens with one attached hydrogen (secondary N) is 1. The number of primary amides is 1. The fourth-order valence-corrected chi connectivity index (χ4v) is 4.61. The Morgan fingerprint density at radius 1 is 0.971 bits per heavy atom. The molecule has 6 N–H and O–H groups in total. The Bertz CT molecular complexity index is 1290. The number of imide groups is 1. The molecule has 0 spiro atoms. The van der Waals surface area contributed by atoms with E-state index >= 15 is 0 Å². The van der Waals surface area contributed by atoms with Crippen LogP contribution in [0.3, 0.4) is 0 Å². The van der Waals surface area contributed by atoms with Gasteiger partial charge in [-0.2, -0.15) is 13.2 Å². The molecule has 0 atom stereocenters. The maximum atomic E-state index is 13.0. The zero-order valence-electron chi connectivity index (χ0n) is 17.5. The smallest absolute Gasteiger partial charge is 0.391 e. The number of aromatic carboxylic acids is 1. The number of rotatable bonds is 4. The van der Waals surface area contributed by atoms with Gasteiger partial charge in [-0.15, -0.1) is 0 Å². The largest absolute Gasteiger partial charge is 0.478 e. The van der Waals surface area contributed by atoms with Gasteiger partial charge in [-0.25, -0.2) is 4.79 Å². The Morgan fingerprint density at radius 2 is 1.59 bits per heavy atom. The Labute approximate surface area is 190 Å². The average Bonchev–Trinajstić information content (AvgIpc) is 2.75. The first-order valence-electron chi connectivity index (χ1n) is 10.3. The zero-order chi connectivity index (χ0) is 24.9. The van der Waals surface area contributed by atoms with Crippen molar-refractivity contribution in [1.29, 1.82) is 0 Å². The van der Waals surface area contributed by atoms with Crippen LogP contribution in [0.15, 0.2) is 23.2 Å². The van der Waals surface area contributed by atoms with E-state index in [4.69, 9.17) is 11.5 Å². The lowest BCUT2D eigenvalue weighted by atomic mass is 9.84. The van der Waals surface area contributed by atoms with Gasteiger partial charge in [-0.3, -0.25) is 24.7 Å². The summed E-state index contributed by atoms with van der Waals surface area (Å²) in [6, 6.07) is 2.92. The summed E-state index contributed by atoms with van der Waals surface area (Å²) < 4.78 is 38.9. The molecular weight excluding hydrogens is 457 g/mol. The molecule has 0 bridgehead atoms. The minimum Gasteiger partial charge on any atom is -0.478 e. The van der Waals surface area contributed by atoms with Gasteiger partial charge in [0.05, 0.1) is 17.5 Å². The van der Waals surface area contributed by atoms with Crippen LogP contribution in [0.4, 0.5) is 13.2 Å². The van der Waals surface area contributed by atoms with E-state index in [1.165, 1.54) is 12.1 Å². The number of alkyl halides is 3. The summed E-state index contributed by atoms with van der Waals surface area (Å²) in [4.78, 5) is 53.4. The van der Waals surface area contributed by atoms with Crippen LogP contribution in [-0.2, 0) is 0 Å². The molecule has 1 fully saturated rings. The van der Waals surface area contributed by atoms with Crippen molar-refractivity contribution < 1.29 is 37.5 Å². The Hall–Kier alpha value is -3.96. The number of amidine groups is 1. The van der Waals surface area contributed by atoms with Gasteiger partial charge in [-0.05, 0) is 43.9 Å². The van der Waals surface area contributed by atoms with Gasteiger partial charge in [-0.1, -0.05) is 0 Å². The van der Waals surface area contributed by atoms with Crippen molar-refractivity contribution in [3.05, 3.63) is 46.0 Å². The normalized spacial score (nSPS) is 20.9. The van der Waals surface area contributed by atoms with Crippen LogP contribution in [0, 0.1) is 5.92 Å². The lowest BCUT2D eigenvalue weighted by molar-refractivity contribution is -0.182. The Balaban J connectivity index is 1.93. The minimum atomic E-state index is -4.31. The molecule has 4 rings (SSSR count). The molecule has 2 aromatic carbocycles. The third kappa shape index (κ3) is 3.84. The number of amides is 3. The van der Waals surface area contributed by atoms with Crippen molar-refractivity contribution in [2.75, 3.05) is 0 Å². The zero-order valence-corrected chi connectivity index (χ0v) is 17.5. The molecule has 1 aliphatic heterocycles. The van der Waals surface area contributed by atoms with E-state index in [1.54, 1.807) is 0 Å². The molecule has 0 saturated heterocycles. The predicted molar refractivity (Wildman–Crippen MR) is 114 cm³/mol. The lowest BCUT2D eigenvalue weighted by Gasteiger charge is -2.28. The van der Waals surface area contributed by atoms with Crippen molar-refractivity contribution in [3.8, 4) is 0 Å². The van der Waals surface area contributed by atoms with Crippen LogP contribution in [-0.4, -0.2) is 46.9 Å². The standard InChI is InChI=1S/C22H19F3N4O5/c23-22(24,25)8-1-3-9(4-2-8)28-17(26)16-13(21(33)34)7-12-14-11(19(31)29-20(12)32)6-5-10(15(14)16)18(27)30/h5-9H,1-4H2,(H2,26,28)(H2,27,30)(H,33,34)(H,29,31,32). The van der Waals surface area contributed by atoms with Gasteiger partial charge in [0, 0.05) is 33.0 Å². The van der Waals surface area contributed by atoms with Crippen molar-refractivity contribution in [2.45, 2.75) is 37.9 Å². The third-order valence-corrected chi connectivity index (χ3v) is 6.23. The highest BCUT2D eigenvalue weighted by Gasteiger charge is 2.41. The summed E-state index contributed by atoms with van der Waals surface area (Å²) in [5, 5.41) is 11.8. The number of halogens is 3. The van der Waals surface area contributed by atoms with Gasteiger partial charge < -0.3 is 16.6 Å². The van der Waals surface area contributed by atoms with Crippen molar-refractivity contribution in [2.24, 2.45) is 22.4 Å². The van der Waals surface area contributed by atoms with Gasteiger partial charge in [0.25, 0.3) is 11.8 Å². The second kappa shape index (κ2) is 8.12. The number of nitrogens with two attached hydrogens (primary N) is 2. The molecule has 2 aliphatic rings. The number of carbonyl (C=O) groups is 4. The predicted octanol–water partition coefficient (Wildman–Crippen LogP) is 2.35. The van der Waals surface area contributed by atoms with Crippen LogP contribution in [0.25, 0.3) is 10.8 Å². The van der Waals surface area contributed by atoms with Gasteiger partial charge in [0.15, 0.2) is 0 Å². The molecule has 9 nitrogen and oxygen atoms in total. The Morgan fingerprint density at radius 3 is 2.15 bits per heavy atom. The number of carbonyl (C=O) groups excluding carboxylic acids is 3. The number of benzene rings is 2. The molecule has 3 amide bonds. The highest BCUT2D eigenvalue weighted by molar-refractivity contribution is 6.32. The van der Waals surface area contributed by atoms with Gasteiger partial charge in [0.1, 0.15) is 5.84 Å². The fraction of sp³-hybridized carbons (Fsp3) is 0.318. The molecule has 0 radical (unpaired) electrons. The molecule has 1 heterocycles. The number of hydrogen-bond acceptors (Lipinski definition) is 5. The van der Waals surface area contributed by atoms with E-state index in [9.17, 15) is 37.5 Å². The molecule has 12 heteroatoms. The monoisotopic (exact) mass is 476 g/mol. The van der Waals surface area contributed by atoms with Crippen molar-refractivity contribution in [1.82, 2.24) is 5.32 Å². The SMILES string of the molecule is NC(=O)c1ccc2c3c(cc(C(=O)O)c(C(N)=NC4CCC(C(F)(F)F)CC4)c13)C(=O)NC2=O. The number of hydrogen-bond donors (Lipinski definition) is 4. The molecule has 2 aromatic rings. The van der Waals surface area contributed by atoms with E-state index in [0.717, 1.165) is 6.07 Å². The summed E-state index contributed by atoms with van der Waals surface area (Å²) >= 11 is 0. The fourth-order valence-electron chi connectivity index (χ4n) is 4.61. The van der Waals surface area contributed by atoms with Gasteiger partial charge in [0.2, 0.25) is 5.91 Å². The average molecular weight is 476 g/mol. The highest BCUT2D eigenvalue weighted by atomic mass is 19.4. The van der Waals surface area contributed by atoms with E-state index in [2.05, 4.69) is 10.3 Å². The molecule has 1 saturated carbocycles. The topological polar surface area (TPSA) is 165 Å². The van der Waals surface area contributed by atoms with E-state index in [0.29, 0.717) is 0 Å². The van der Waals surface area contributed by atoms with E-state index in [1.807, 2.05) is 0 Å². The molecule has 0 aromatic heterocycles. The summed E-state index contributed by atoms with van der Waals surface area (Å²) in [5.41, 5.74) is 10.6. The first kappa shape index (κ1) is 23.2. The number of nitrogens with zero attached hydrogens (tertiary/aromatic N) is 1. The first-order chi connectivity index (χ1) is 15.9. The first-order valence-corrected chi connectivity index (χ1v) is 10.3. The van der Waals surface area contributed by atoms with Crippen LogP contribution in [0.5, 0.6) is 0 Å². The molecular formula is C22H19F3N4O5. The third-order valence-electron chi connectivity index (χ3n) is 6.23. The van der Waals surface area contributed by atoms with Crippen LogP contribution >= 0.6 is 0 Å². The number of aliphatic imine (C=N–C) groups is 1. The summed E-state index contributed by atoms with van der Waals surface area (Å²) in [5.74, 6) is -5.85. The van der Waals surface area contributed by atoms with Crippen molar-refractivity contribution in [3.63, 3.8) is 0 Å². The van der Waals surface area contributed by atoms with Crippen LogP contribution < -0.4 is 16.8 Å². The minimum absolute atomic E-state index is 0.00368. The molecule has 178 valence electrons. The molecule has 34 heavy (non-hydrogen) atoms. The summed E-state index contributed by atoms with van der Waals surface area (Å²) in [6.07, 6.45) is -4.45. The summed E-state index contributed by atoms with van der Waals surface area (Å²) in [6.45, 7) is 0. The van der Waals surface area contributed by atoms with Crippen LogP contribution in [0.2, 0.25) is 0 Å². The number of carboxylic acids is 1. The maximum absolute atomic E-state index is 13.0. The maximum Gasteiger partial charge on any atom is 0.391 e. The van der Waals surface area contributed by atoms with E-state index < -0.39 is 47.4 Å². The lowest BCUT2D eigenvalue weighted by Crippen LogP contribution is -2.36. The highest BCUT2D eigenvalue weighted by Crippen LogP contribution is 2.39. The molecule has 0 unspecified atom stereocenters. The number of carboxylic acid groups (broad SMARTS) is 1. The van der Waals surface area contributed by atoms with Crippen molar-refractivity contribution >= 4 is 40.3 Å². The quantitative estimate of drug-likeness (QED) is 0.300. The van der Waals surface area contributed by atoms with Gasteiger partial charge >= 0.3 is 12.1 Å². The van der Waals surface area contributed by atoms with E-state index in [-0.39, 0.29) is 64.5 Å². The summed E-state index contributed by atoms with van der Waals surface area (Å²) in [7, 11) is 0. The second-order valence-corrected chi connectivity index (χ2v) is 8.27. The Kier molecular flexibility index (Phi) is 5.54. The molecule has 1 aliphatic carbocycles. The van der Waals surface area contributed by atoms with Crippen LogP contribution in [0.1, 0.15) is 72.7 Å².